The highest BCUT2D eigenvalue weighted by atomic mass is 35.5. The summed E-state index contributed by atoms with van der Waals surface area (Å²) in [4.78, 5) is 16.8. The highest BCUT2D eigenvalue weighted by Crippen LogP contribution is 2.25. The number of hydrogen-bond acceptors (Lipinski definition) is 3. The fraction of sp³-hybridized carbons (Fsp3) is 0.176. The Morgan fingerprint density at radius 2 is 1.92 bits per heavy atom. The molecular formula is C17H14Cl2N2O2S. The van der Waals surface area contributed by atoms with Crippen molar-refractivity contribution in [1.82, 2.24) is 4.57 Å². The van der Waals surface area contributed by atoms with Crippen molar-refractivity contribution >= 4 is 50.7 Å². The van der Waals surface area contributed by atoms with E-state index in [9.17, 15) is 4.79 Å². The van der Waals surface area contributed by atoms with Crippen LogP contribution in [0.4, 0.5) is 0 Å². The standard InChI is InChI=1S/C17H14Cl2N2O2S/c1-10-7-12(19)8-14-16(10)21(2)17(24-14)20-15(22)9-23-13-5-3-11(18)4-6-13/h3-8H,9H2,1-2H3. The highest BCUT2D eigenvalue weighted by Gasteiger charge is 2.09. The molecule has 7 heteroatoms. The van der Waals surface area contributed by atoms with E-state index in [2.05, 4.69) is 4.99 Å². The molecule has 3 aromatic rings. The fourth-order valence-electron chi connectivity index (χ4n) is 2.39. The van der Waals surface area contributed by atoms with Gasteiger partial charge in [0.15, 0.2) is 11.4 Å². The number of hydrogen-bond donors (Lipinski definition) is 0. The van der Waals surface area contributed by atoms with Crippen LogP contribution in [0.2, 0.25) is 10.0 Å². The van der Waals surface area contributed by atoms with E-state index in [1.54, 1.807) is 24.3 Å². The number of fused-ring (bicyclic) bond motifs is 1. The Labute approximate surface area is 152 Å². The summed E-state index contributed by atoms with van der Waals surface area (Å²) in [6.07, 6.45) is 0. The fourth-order valence-corrected chi connectivity index (χ4v) is 4.00. The number of carbonyl (C=O) groups is 1. The molecule has 0 aliphatic carbocycles. The Balaban J connectivity index is 1.84. The Kier molecular flexibility index (Phi) is 4.94. The molecule has 0 saturated carbocycles. The summed E-state index contributed by atoms with van der Waals surface area (Å²) in [5.74, 6) is 0.224. The van der Waals surface area contributed by atoms with Crippen LogP contribution in [0.1, 0.15) is 5.56 Å². The molecule has 0 N–H and O–H groups in total. The van der Waals surface area contributed by atoms with Crippen LogP contribution >= 0.6 is 34.5 Å². The Morgan fingerprint density at radius 3 is 2.62 bits per heavy atom. The third-order valence-corrected chi connectivity index (χ3v) is 5.00. The van der Waals surface area contributed by atoms with E-state index in [-0.39, 0.29) is 12.5 Å². The second-order valence-electron chi connectivity index (χ2n) is 5.26. The number of amides is 1. The van der Waals surface area contributed by atoms with Crippen LogP contribution in [0.5, 0.6) is 5.75 Å². The number of rotatable bonds is 3. The third kappa shape index (κ3) is 3.64. The van der Waals surface area contributed by atoms with E-state index >= 15 is 0 Å². The van der Waals surface area contributed by atoms with Gasteiger partial charge < -0.3 is 9.30 Å². The smallest absolute Gasteiger partial charge is 0.286 e. The SMILES string of the molecule is Cc1cc(Cl)cc2sc(=NC(=O)COc3ccc(Cl)cc3)n(C)c12. The van der Waals surface area contributed by atoms with Crippen molar-refractivity contribution in [2.45, 2.75) is 6.92 Å². The molecule has 0 saturated heterocycles. The van der Waals surface area contributed by atoms with Crippen molar-refractivity contribution in [2.75, 3.05) is 6.61 Å². The van der Waals surface area contributed by atoms with Gasteiger partial charge in [-0.2, -0.15) is 4.99 Å². The minimum atomic E-state index is -0.351. The van der Waals surface area contributed by atoms with Crippen molar-refractivity contribution in [3.63, 3.8) is 0 Å². The maximum absolute atomic E-state index is 12.1. The summed E-state index contributed by atoms with van der Waals surface area (Å²) in [6.45, 7) is 1.85. The second-order valence-corrected chi connectivity index (χ2v) is 7.14. The normalized spacial score (nSPS) is 11.9. The number of benzene rings is 2. The predicted molar refractivity (Wildman–Crippen MR) is 98.1 cm³/mol. The summed E-state index contributed by atoms with van der Waals surface area (Å²) in [6, 6.07) is 10.6. The number of nitrogens with zero attached hydrogens (tertiary/aromatic N) is 2. The Morgan fingerprint density at radius 1 is 1.21 bits per heavy atom. The first-order valence-corrected chi connectivity index (χ1v) is 8.73. The molecule has 0 radical (unpaired) electrons. The molecule has 24 heavy (non-hydrogen) atoms. The van der Waals surface area contributed by atoms with E-state index < -0.39 is 0 Å². The lowest BCUT2D eigenvalue weighted by molar-refractivity contribution is -0.120. The van der Waals surface area contributed by atoms with Gasteiger partial charge in [0.25, 0.3) is 5.91 Å². The minimum Gasteiger partial charge on any atom is -0.484 e. The Bertz CT molecular complexity index is 975. The lowest BCUT2D eigenvalue weighted by atomic mass is 10.2. The maximum Gasteiger partial charge on any atom is 0.286 e. The van der Waals surface area contributed by atoms with E-state index in [1.165, 1.54) is 11.3 Å². The van der Waals surface area contributed by atoms with Gasteiger partial charge >= 0.3 is 0 Å². The van der Waals surface area contributed by atoms with Crippen molar-refractivity contribution in [3.05, 3.63) is 56.8 Å². The number of halogens is 2. The molecule has 1 amide bonds. The van der Waals surface area contributed by atoms with Crippen LogP contribution in [-0.4, -0.2) is 17.1 Å². The molecule has 0 aliphatic heterocycles. The molecule has 2 aromatic carbocycles. The van der Waals surface area contributed by atoms with Gasteiger partial charge in [-0.3, -0.25) is 4.79 Å². The zero-order valence-corrected chi connectivity index (χ0v) is 15.4. The lowest BCUT2D eigenvalue weighted by Gasteiger charge is -2.03. The lowest BCUT2D eigenvalue weighted by Crippen LogP contribution is -2.17. The van der Waals surface area contributed by atoms with Crippen molar-refractivity contribution in [1.29, 1.82) is 0 Å². The van der Waals surface area contributed by atoms with Crippen LogP contribution in [0.25, 0.3) is 10.2 Å². The second kappa shape index (κ2) is 6.97. The average Bonchev–Trinajstić information content (AvgIpc) is 2.82. The summed E-state index contributed by atoms with van der Waals surface area (Å²) >= 11 is 13.3. The zero-order valence-electron chi connectivity index (χ0n) is 13.0. The quantitative estimate of drug-likeness (QED) is 0.677. The van der Waals surface area contributed by atoms with Crippen LogP contribution < -0.4 is 9.54 Å². The molecule has 1 heterocycles. The highest BCUT2D eigenvalue weighted by molar-refractivity contribution is 7.16. The number of aromatic nitrogens is 1. The first kappa shape index (κ1) is 17.0. The van der Waals surface area contributed by atoms with E-state index in [1.807, 2.05) is 30.7 Å². The maximum atomic E-state index is 12.1. The molecule has 4 nitrogen and oxygen atoms in total. The molecular weight excluding hydrogens is 367 g/mol. The number of aryl methyl sites for hydroxylation is 2. The molecule has 0 spiro atoms. The molecule has 124 valence electrons. The van der Waals surface area contributed by atoms with E-state index in [0.29, 0.717) is 20.6 Å². The molecule has 1 aromatic heterocycles. The van der Waals surface area contributed by atoms with Gasteiger partial charge in [0.2, 0.25) is 0 Å². The van der Waals surface area contributed by atoms with Crippen LogP contribution in [0, 0.1) is 6.92 Å². The number of thiazole rings is 1. The van der Waals surface area contributed by atoms with Crippen LogP contribution in [0.3, 0.4) is 0 Å². The molecule has 0 unspecified atom stereocenters. The zero-order chi connectivity index (χ0) is 17.3. The third-order valence-electron chi connectivity index (χ3n) is 3.45. The van der Waals surface area contributed by atoms with Gasteiger partial charge in [-0.25, -0.2) is 0 Å². The van der Waals surface area contributed by atoms with Gasteiger partial charge in [0.05, 0.1) is 10.2 Å². The van der Waals surface area contributed by atoms with Crippen LogP contribution in [0.15, 0.2) is 41.4 Å². The molecule has 0 fully saturated rings. The van der Waals surface area contributed by atoms with Gasteiger partial charge in [-0.1, -0.05) is 34.5 Å². The summed E-state index contributed by atoms with van der Waals surface area (Å²) in [7, 11) is 1.88. The first-order valence-electron chi connectivity index (χ1n) is 7.15. The van der Waals surface area contributed by atoms with Gasteiger partial charge in [-0.05, 0) is 48.9 Å². The van der Waals surface area contributed by atoms with Crippen LogP contribution in [-0.2, 0) is 11.8 Å². The van der Waals surface area contributed by atoms with Gasteiger partial charge in [0, 0.05) is 17.1 Å². The van der Waals surface area contributed by atoms with Crippen molar-refractivity contribution in [2.24, 2.45) is 12.0 Å². The minimum absolute atomic E-state index is 0.129. The first-order chi connectivity index (χ1) is 11.4. The predicted octanol–water partition coefficient (Wildman–Crippen LogP) is 4.36. The van der Waals surface area contributed by atoms with E-state index in [0.717, 1.165) is 15.8 Å². The number of carbonyl (C=O) groups excluding carboxylic acids is 1. The van der Waals surface area contributed by atoms with Crippen molar-refractivity contribution in [3.8, 4) is 5.75 Å². The molecule has 0 bridgehead atoms. The summed E-state index contributed by atoms with van der Waals surface area (Å²) in [5.41, 5.74) is 2.07. The monoisotopic (exact) mass is 380 g/mol. The number of ether oxygens (including phenoxy) is 1. The molecule has 3 rings (SSSR count). The largest absolute Gasteiger partial charge is 0.484 e. The molecule has 0 aliphatic rings. The topological polar surface area (TPSA) is 43.6 Å². The summed E-state index contributed by atoms with van der Waals surface area (Å²) < 4.78 is 8.31. The Hall–Kier alpha value is -1.82. The average molecular weight is 381 g/mol. The molecule has 0 atom stereocenters. The van der Waals surface area contributed by atoms with Crippen molar-refractivity contribution < 1.29 is 9.53 Å². The van der Waals surface area contributed by atoms with E-state index in [4.69, 9.17) is 27.9 Å². The summed E-state index contributed by atoms with van der Waals surface area (Å²) in [5, 5.41) is 1.29. The van der Waals surface area contributed by atoms with Gasteiger partial charge in [-0.15, -0.1) is 0 Å². The van der Waals surface area contributed by atoms with Gasteiger partial charge in [0.1, 0.15) is 5.75 Å².